The molecule has 22 heavy (non-hydrogen) atoms. The third-order valence-corrected chi connectivity index (χ3v) is 5.31. The van der Waals surface area contributed by atoms with E-state index >= 15 is 0 Å². The molecule has 0 amide bonds. The molecular formula is C17H24N2O2S. The zero-order valence-electron chi connectivity index (χ0n) is 13.2. The number of likely N-dealkylation sites (tertiary alicyclic amines) is 1. The van der Waals surface area contributed by atoms with Gasteiger partial charge in [0.2, 0.25) is 0 Å². The molecule has 1 atom stereocenters. The van der Waals surface area contributed by atoms with Gasteiger partial charge < -0.3 is 9.52 Å². The molecule has 0 saturated carbocycles. The number of hydrogen-bond donors (Lipinski definition) is 1. The highest BCUT2D eigenvalue weighted by atomic mass is 32.1. The SMILES string of the molecule is CC(C)c1nc(CN2CCC(C(O)c3cccs3)CC2)co1. The van der Waals surface area contributed by atoms with Crippen LogP contribution in [0.4, 0.5) is 0 Å². The number of hydrogen-bond acceptors (Lipinski definition) is 5. The van der Waals surface area contributed by atoms with Crippen LogP contribution in [0.5, 0.6) is 0 Å². The predicted molar refractivity (Wildman–Crippen MR) is 87.9 cm³/mol. The average molecular weight is 320 g/mol. The van der Waals surface area contributed by atoms with Crippen molar-refractivity contribution < 1.29 is 9.52 Å². The highest BCUT2D eigenvalue weighted by Gasteiger charge is 2.27. The lowest BCUT2D eigenvalue weighted by molar-refractivity contribution is 0.0587. The summed E-state index contributed by atoms with van der Waals surface area (Å²) in [6, 6.07) is 4.04. The summed E-state index contributed by atoms with van der Waals surface area (Å²) in [6.07, 6.45) is 3.55. The maximum Gasteiger partial charge on any atom is 0.196 e. The van der Waals surface area contributed by atoms with Crippen LogP contribution >= 0.6 is 11.3 Å². The van der Waals surface area contributed by atoms with Gasteiger partial charge in [0.05, 0.1) is 11.8 Å². The van der Waals surface area contributed by atoms with Gasteiger partial charge in [0, 0.05) is 17.3 Å². The first-order chi connectivity index (χ1) is 10.6. The van der Waals surface area contributed by atoms with Crippen molar-refractivity contribution in [2.75, 3.05) is 13.1 Å². The fourth-order valence-corrected chi connectivity index (χ4v) is 3.81. The zero-order chi connectivity index (χ0) is 15.5. The number of rotatable bonds is 5. The van der Waals surface area contributed by atoms with Crippen LogP contribution < -0.4 is 0 Å². The number of aliphatic hydroxyl groups is 1. The molecule has 0 spiro atoms. The Morgan fingerprint density at radius 2 is 2.18 bits per heavy atom. The summed E-state index contributed by atoms with van der Waals surface area (Å²) in [5, 5.41) is 12.5. The molecule has 5 heteroatoms. The van der Waals surface area contributed by atoms with Crippen molar-refractivity contribution in [2.45, 2.75) is 45.3 Å². The van der Waals surface area contributed by atoms with Gasteiger partial charge >= 0.3 is 0 Å². The summed E-state index contributed by atoms with van der Waals surface area (Å²) in [6.45, 7) is 7.05. The first-order valence-corrected chi connectivity index (χ1v) is 8.89. The Hall–Kier alpha value is -1.17. The van der Waals surface area contributed by atoms with E-state index in [0.717, 1.165) is 48.9 Å². The van der Waals surface area contributed by atoms with E-state index in [1.807, 2.05) is 17.5 Å². The zero-order valence-corrected chi connectivity index (χ0v) is 14.1. The first-order valence-electron chi connectivity index (χ1n) is 8.01. The Labute approximate surface area is 135 Å². The van der Waals surface area contributed by atoms with Crippen molar-refractivity contribution >= 4 is 11.3 Å². The van der Waals surface area contributed by atoms with Crippen LogP contribution in [0.1, 0.15) is 55.2 Å². The summed E-state index contributed by atoms with van der Waals surface area (Å²) >= 11 is 1.65. The summed E-state index contributed by atoms with van der Waals surface area (Å²) in [5.41, 5.74) is 1.01. The number of aromatic nitrogens is 1. The Kier molecular flexibility index (Phi) is 4.96. The van der Waals surface area contributed by atoms with Gasteiger partial charge in [-0.15, -0.1) is 11.3 Å². The standard InChI is InChI=1S/C17H24N2O2S/c1-12(2)17-18-14(11-21-17)10-19-7-5-13(6-8-19)16(20)15-4-3-9-22-15/h3-4,9,11-13,16,20H,5-8,10H2,1-2H3. The average Bonchev–Trinajstić information content (AvgIpc) is 3.19. The molecule has 1 fully saturated rings. The van der Waals surface area contributed by atoms with E-state index in [9.17, 15) is 5.11 Å². The van der Waals surface area contributed by atoms with Gasteiger partial charge in [0.15, 0.2) is 5.89 Å². The number of piperidine rings is 1. The molecule has 120 valence electrons. The Bertz CT molecular complexity index is 571. The maximum atomic E-state index is 10.4. The van der Waals surface area contributed by atoms with Crippen LogP contribution in [0.2, 0.25) is 0 Å². The summed E-state index contributed by atoms with van der Waals surface area (Å²) in [4.78, 5) is 8.04. The molecule has 1 aliphatic rings. The molecule has 3 rings (SSSR count). The van der Waals surface area contributed by atoms with E-state index in [-0.39, 0.29) is 6.10 Å². The molecule has 0 radical (unpaired) electrons. The quantitative estimate of drug-likeness (QED) is 0.910. The van der Waals surface area contributed by atoms with E-state index < -0.39 is 0 Å². The van der Waals surface area contributed by atoms with Crippen molar-refractivity contribution in [3.8, 4) is 0 Å². The second-order valence-electron chi connectivity index (χ2n) is 6.41. The van der Waals surface area contributed by atoms with E-state index in [2.05, 4.69) is 23.7 Å². The molecule has 1 saturated heterocycles. The van der Waals surface area contributed by atoms with Gasteiger partial charge in [0.1, 0.15) is 6.26 Å². The second kappa shape index (κ2) is 6.94. The fraction of sp³-hybridized carbons (Fsp3) is 0.588. The lowest BCUT2D eigenvalue weighted by Crippen LogP contribution is -2.35. The molecule has 1 aliphatic heterocycles. The smallest absolute Gasteiger partial charge is 0.196 e. The van der Waals surface area contributed by atoms with Gasteiger partial charge in [-0.25, -0.2) is 4.98 Å². The monoisotopic (exact) mass is 320 g/mol. The third-order valence-electron chi connectivity index (χ3n) is 4.36. The topological polar surface area (TPSA) is 49.5 Å². The normalized spacial score (nSPS) is 18.9. The van der Waals surface area contributed by atoms with Crippen molar-refractivity contribution in [1.29, 1.82) is 0 Å². The number of aliphatic hydroxyl groups excluding tert-OH is 1. The van der Waals surface area contributed by atoms with Crippen LogP contribution in [-0.2, 0) is 6.54 Å². The Balaban J connectivity index is 1.51. The van der Waals surface area contributed by atoms with Gasteiger partial charge in [-0.2, -0.15) is 0 Å². The van der Waals surface area contributed by atoms with Crippen LogP contribution in [0.15, 0.2) is 28.2 Å². The minimum Gasteiger partial charge on any atom is -0.448 e. The van der Waals surface area contributed by atoms with Crippen molar-refractivity contribution in [3.05, 3.63) is 40.2 Å². The van der Waals surface area contributed by atoms with E-state index in [4.69, 9.17) is 4.42 Å². The predicted octanol–water partition coefficient (Wildman–Crippen LogP) is 3.81. The van der Waals surface area contributed by atoms with Crippen molar-refractivity contribution in [2.24, 2.45) is 5.92 Å². The van der Waals surface area contributed by atoms with Crippen molar-refractivity contribution in [3.63, 3.8) is 0 Å². The molecule has 4 nitrogen and oxygen atoms in total. The van der Waals surface area contributed by atoms with Crippen molar-refractivity contribution in [1.82, 2.24) is 9.88 Å². The van der Waals surface area contributed by atoms with E-state index in [0.29, 0.717) is 11.8 Å². The van der Waals surface area contributed by atoms with Gasteiger partial charge in [0.25, 0.3) is 0 Å². The van der Waals surface area contributed by atoms with Gasteiger partial charge in [-0.1, -0.05) is 19.9 Å². The summed E-state index contributed by atoms with van der Waals surface area (Å²) in [5.74, 6) is 1.52. The molecule has 1 N–H and O–H groups in total. The molecule has 0 aliphatic carbocycles. The lowest BCUT2D eigenvalue weighted by atomic mass is 9.90. The van der Waals surface area contributed by atoms with E-state index in [1.165, 1.54) is 0 Å². The molecule has 1 unspecified atom stereocenters. The number of nitrogens with zero attached hydrogens (tertiary/aromatic N) is 2. The minimum absolute atomic E-state index is 0.304. The number of thiophene rings is 1. The summed E-state index contributed by atoms with van der Waals surface area (Å²) in [7, 11) is 0. The Morgan fingerprint density at radius 1 is 1.41 bits per heavy atom. The Morgan fingerprint density at radius 3 is 2.77 bits per heavy atom. The highest BCUT2D eigenvalue weighted by Crippen LogP contribution is 2.33. The molecule has 3 heterocycles. The van der Waals surface area contributed by atoms with Crippen LogP contribution in [0, 0.1) is 5.92 Å². The minimum atomic E-state index is -0.304. The maximum absolute atomic E-state index is 10.4. The second-order valence-corrected chi connectivity index (χ2v) is 7.38. The first kappa shape index (κ1) is 15.7. The lowest BCUT2D eigenvalue weighted by Gasteiger charge is -2.33. The fourth-order valence-electron chi connectivity index (χ4n) is 3.01. The summed E-state index contributed by atoms with van der Waals surface area (Å²) < 4.78 is 5.50. The molecular weight excluding hydrogens is 296 g/mol. The van der Waals surface area contributed by atoms with Crippen LogP contribution in [0.25, 0.3) is 0 Å². The third kappa shape index (κ3) is 3.59. The van der Waals surface area contributed by atoms with E-state index in [1.54, 1.807) is 17.6 Å². The molecule has 0 aromatic carbocycles. The van der Waals surface area contributed by atoms with Gasteiger partial charge in [-0.3, -0.25) is 4.90 Å². The number of oxazole rings is 1. The molecule has 2 aromatic rings. The molecule has 2 aromatic heterocycles. The van der Waals surface area contributed by atoms with Crippen LogP contribution in [0.3, 0.4) is 0 Å². The highest BCUT2D eigenvalue weighted by molar-refractivity contribution is 7.10. The van der Waals surface area contributed by atoms with Gasteiger partial charge in [-0.05, 0) is 43.3 Å². The largest absolute Gasteiger partial charge is 0.448 e. The van der Waals surface area contributed by atoms with Crippen LogP contribution in [-0.4, -0.2) is 28.1 Å². The molecule has 0 bridgehead atoms.